The van der Waals surface area contributed by atoms with Crippen LogP contribution in [0.3, 0.4) is 0 Å². The molecule has 0 aromatic heterocycles. The molecule has 0 radical (unpaired) electrons. The predicted molar refractivity (Wildman–Crippen MR) is 68.9 cm³/mol. The topological polar surface area (TPSA) is 66.9 Å². The Kier molecular flexibility index (Phi) is 3.40. The van der Waals surface area contributed by atoms with Crippen molar-refractivity contribution in [1.82, 2.24) is 0 Å². The summed E-state index contributed by atoms with van der Waals surface area (Å²) < 4.78 is 0. The largest absolute Gasteiger partial charge is 0.366 e. The molecule has 0 aliphatic carbocycles. The number of hydrogen-bond acceptors (Lipinski definition) is 2. The minimum Gasteiger partial charge on any atom is -0.366 e. The van der Waals surface area contributed by atoms with Crippen molar-refractivity contribution in [3.8, 4) is 6.07 Å². The highest BCUT2D eigenvalue weighted by atomic mass is 16.1. The summed E-state index contributed by atoms with van der Waals surface area (Å²) in [5.74, 6) is -0.420. The quantitative estimate of drug-likeness (QED) is 0.888. The number of nitriles is 1. The zero-order chi connectivity index (χ0) is 13.0. The van der Waals surface area contributed by atoms with Crippen LogP contribution < -0.4 is 5.73 Å². The summed E-state index contributed by atoms with van der Waals surface area (Å²) in [7, 11) is 0. The Morgan fingerprint density at radius 3 is 2.44 bits per heavy atom. The van der Waals surface area contributed by atoms with E-state index in [9.17, 15) is 4.79 Å². The molecule has 2 aromatic carbocycles. The molecular formula is C15H12N2O. The molecule has 3 nitrogen and oxygen atoms in total. The summed E-state index contributed by atoms with van der Waals surface area (Å²) >= 11 is 0. The zero-order valence-corrected chi connectivity index (χ0v) is 9.76. The second-order valence-electron chi connectivity index (χ2n) is 4.05. The van der Waals surface area contributed by atoms with Crippen LogP contribution in [0.1, 0.15) is 27.0 Å². The van der Waals surface area contributed by atoms with Gasteiger partial charge < -0.3 is 5.73 Å². The van der Waals surface area contributed by atoms with Gasteiger partial charge >= 0.3 is 0 Å². The average molecular weight is 236 g/mol. The minimum absolute atomic E-state index is 0.420. The summed E-state index contributed by atoms with van der Waals surface area (Å²) in [6.07, 6.45) is 0.715. The van der Waals surface area contributed by atoms with Crippen molar-refractivity contribution in [2.75, 3.05) is 0 Å². The molecule has 18 heavy (non-hydrogen) atoms. The standard InChI is InChI=1S/C15H12N2O/c16-10-12-6-4-11(5-7-12)8-13-2-1-3-14(9-13)15(17)18/h1-7,9H,8H2,(H2,17,18). The maximum atomic E-state index is 11.1. The van der Waals surface area contributed by atoms with Gasteiger partial charge in [-0.1, -0.05) is 24.3 Å². The van der Waals surface area contributed by atoms with E-state index in [0.717, 1.165) is 11.1 Å². The van der Waals surface area contributed by atoms with Gasteiger partial charge in [0.05, 0.1) is 11.6 Å². The van der Waals surface area contributed by atoms with Crippen LogP contribution >= 0.6 is 0 Å². The number of carbonyl (C=O) groups excluding carboxylic acids is 1. The van der Waals surface area contributed by atoms with E-state index in [1.54, 1.807) is 24.3 Å². The summed E-state index contributed by atoms with van der Waals surface area (Å²) in [4.78, 5) is 11.1. The Balaban J connectivity index is 2.20. The molecule has 0 saturated carbocycles. The van der Waals surface area contributed by atoms with E-state index >= 15 is 0 Å². The molecule has 0 heterocycles. The van der Waals surface area contributed by atoms with Crippen LogP contribution in [-0.4, -0.2) is 5.91 Å². The summed E-state index contributed by atoms with van der Waals surface area (Å²) in [5.41, 5.74) is 8.51. The van der Waals surface area contributed by atoms with Gasteiger partial charge in [-0.2, -0.15) is 5.26 Å². The highest BCUT2D eigenvalue weighted by molar-refractivity contribution is 5.92. The van der Waals surface area contributed by atoms with Gasteiger partial charge in [-0.3, -0.25) is 4.79 Å². The van der Waals surface area contributed by atoms with Crippen molar-refractivity contribution in [3.05, 3.63) is 70.8 Å². The number of nitrogens with zero attached hydrogens (tertiary/aromatic N) is 1. The van der Waals surface area contributed by atoms with Gasteiger partial charge in [-0.15, -0.1) is 0 Å². The third-order valence-electron chi connectivity index (χ3n) is 2.70. The van der Waals surface area contributed by atoms with Gasteiger partial charge in [0, 0.05) is 5.56 Å². The van der Waals surface area contributed by atoms with Crippen LogP contribution in [0.15, 0.2) is 48.5 Å². The van der Waals surface area contributed by atoms with Crippen LogP contribution in [0.4, 0.5) is 0 Å². The first kappa shape index (κ1) is 11.9. The Morgan fingerprint density at radius 1 is 1.11 bits per heavy atom. The van der Waals surface area contributed by atoms with E-state index in [1.165, 1.54) is 0 Å². The maximum Gasteiger partial charge on any atom is 0.248 e. The number of rotatable bonds is 3. The Morgan fingerprint density at radius 2 is 1.83 bits per heavy atom. The van der Waals surface area contributed by atoms with Crippen molar-refractivity contribution in [2.45, 2.75) is 6.42 Å². The van der Waals surface area contributed by atoms with Crippen LogP contribution in [0.5, 0.6) is 0 Å². The fourth-order valence-electron chi connectivity index (χ4n) is 1.77. The third kappa shape index (κ3) is 2.74. The lowest BCUT2D eigenvalue weighted by Gasteiger charge is -2.03. The number of benzene rings is 2. The van der Waals surface area contributed by atoms with Crippen molar-refractivity contribution < 1.29 is 4.79 Å². The highest BCUT2D eigenvalue weighted by Crippen LogP contribution is 2.12. The molecule has 0 fully saturated rings. The maximum absolute atomic E-state index is 11.1. The summed E-state index contributed by atoms with van der Waals surface area (Å²) in [5, 5.41) is 8.71. The van der Waals surface area contributed by atoms with Crippen molar-refractivity contribution in [1.29, 1.82) is 5.26 Å². The van der Waals surface area contributed by atoms with Crippen molar-refractivity contribution in [2.24, 2.45) is 5.73 Å². The van der Waals surface area contributed by atoms with E-state index < -0.39 is 5.91 Å². The second kappa shape index (κ2) is 5.15. The Hall–Kier alpha value is -2.60. The lowest BCUT2D eigenvalue weighted by atomic mass is 10.0. The predicted octanol–water partition coefficient (Wildman–Crippen LogP) is 2.25. The van der Waals surface area contributed by atoms with E-state index in [4.69, 9.17) is 11.0 Å². The first-order valence-corrected chi connectivity index (χ1v) is 5.57. The monoisotopic (exact) mass is 236 g/mol. The van der Waals surface area contributed by atoms with Crippen LogP contribution in [0, 0.1) is 11.3 Å². The van der Waals surface area contributed by atoms with Crippen molar-refractivity contribution >= 4 is 5.91 Å². The fraction of sp³-hybridized carbons (Fsp3) is 0.0667. The molecule has 2 N–H and O–H groups in total. The first-order valence-electron chi connectivity index (χ1n) is 5.57. The Labute approximate surface area is 105 Å². The number of primary amides is 1. The normalized spacial score (nSPS) is 9.72. The van der Waals surface area contributed by atoms with Gasteiger partial charge in [0.25, 0.3) is 0 Å². The molecule has 1 amide bonds. The van der Waals surface area contributed by atoms with Gasteiger partial charge in [-0.05, 0) is 41.8 Å². The minimum atomic E-state index is -0.420. The fourth-order valence-corrected chi connectivity index (χ4v) is 1.77. The summed E-state index contributed by atoms with van der Waals surface area (Å²) in [6, 6.07) is 16.7. The van der Waals surface area contributed by atoms with E-state index in [2.05, 4.69) is 6.07 Å². The molecule has 2 aromatic rings. The van der Waals surface area contributed by atoms with Crippen LogP contribution in [0.25, 0.3) is 0 Å². The molecule has 0 unspecified atom stereocenters. The number of carbonyl (C=O) groups is 1. The van der Waals surface area contributed by atoms with Crippen LogP contribution in [-0.2, 0) is 6.42 Å². The van der Waals surface area contributed by atoms with E-state index in [1.807, 2.05) is 24.3 Å². The van der Waals surface area contributed by atoms with Gasteiger partial charge in [0.15, 0.2) is 0 Å². The number of hydrogen-bond donors (Lipinski definition) is 1. The zero-order valence-electron chi connectivity index (χ0n) is 9.76. The highest BCUT2D eigenvalue weighted by Gasteiger charge is 2.02. The van der Waals surface area contributed by atoms with Gasteiger partial charge in [-0.25, -0.2) is 0 Å². The molecule has 0 atom stereocenters. The van der Waals surface area contributed by atoms with Gasteiger partial charge in [0.1, 0.15) is 0 Å². The van der Waals surface area contributed by atoms with Crippen molar-refractivity contribution in [3.63, 3.8) is 0 Å². The Bertz CT molecular complexity index is 609. The SMILES string of the molecule is N#Cc1ccc(Cc2cccc(C(N)=O)c2)cc1. The number of nitrogens with two attached hydrogens (primary N) is 1. The molecule has 0 spiro atoms. The lowest BCUT2D eigenvalue weighted by molar-refractivity contribution is 0.1000. The van der Waals surface area contributed by atoms with Gasteiger partial charge in [0.2, 0.25) is 5.91 Å². The van der Waals surface area contributed by atoms with E-state index in [0.29, 0.717) is 17.5 Å². The molecule has 0 saturated heterocycles. The molecule has 2 rings (SSSR count). The van der Waals surface area contributed by atoms with Crippen LogP contribution in [0.2, 0.25) is 0 Å². The molecule has 0 bridgehead atoms. The molecule has 88 valence electrons. The molecular weight excluding hydrogens is 224 g/mol. The summed E-state index contributed by atoms with van der Waals surface area (Å²) in [6.45, 7) is 0. The molecule has 0 aliphatic rings. The van der Waals surface area contributed by atoms with E-state index in [-0.39, 0.29) is 0 Å². The third-order valence-corrected chi connectivity index (χ3v) is 2.70. The molecule has 0 aliphatic heterocycles. The average Bonchev–Trinajstić information content (AvgIpc) is 2.40. The lowest BCUT2D eigenvalue weighted by Crippen LogP contribution is -2.11. The molecule has 3 heteroatoms. The first-order chi connectivity index (χ1) is 8.69. The smallest absolute Gasteiger partial charge is 0.248 e. The number of amides is 1. The second-order valence-corrected chi connectivity index (χ2v) is 4.05.